The Bertz CT molecular complexity index is 1460. The van der Waals surface area contributed by atoms with Crippen LogP contribution in [0.4, 0.5) is 58.4 Å². The zero-order chi connectivity index (χ0) is 31.1. The van der Waals surface area contributed by atoms with Crippen molar-refractivity contribution in [2.45, 2.75) is 30.6 Å². The van der Waals surface area contributed by atoms with Crippen molar-refractivity contribution in [2.24, 2.45) is 0 Å². The van der Waals surface area contributed by atoms with Gasteiger partial charge in [-0.25, -0.2) is 13.2 Å². The minimum Gasteiger partial charge on any atom is -0.319 e. The minimum absolute atomic E-state index is 0.0988. The highest BCUT2D eigenvalue weighted by Crippen LogP contribution is 2.54. The van der Waals surface area contributed by atoms with Gasteiger partial charge in [0.25, 0.3) is 5.91 Å². The Morgan fingerprint density at radius 1 is 0.732 bits per heavy atom. The monoisotopic (exact) mass is 713 g/mol. The summed E-state index contributed by atoms with van der Waals surface area (Å²) >= 11 is 0.940. The van der Waals surface area contributed by atoms with Crippen LogP contribution in [0, 0.1) is 15.2 Å². The molecular formula is C25H12F12INO2. The molecule has 16 heteroatoms. The van der Waals surface area contributed by atoms with E-state index in [0.717, 1.165) is 59.0 Å². The lowest BCUT2D eigenvalue weighted by molar-refractivity contribution is -0.348. The molecule has 0 atom stereocenters. The van der Waals surface area contributed by atoms with Crippen LogP contribution in [0.25, 0.3) is 0 Å². The number of halogens is 13. The van der Waals surface area contributed by atoms with Crippen molar-refractivity contribution in [3.05, 3.63) is 97.6 Å². The molecule has 0 heterocycles. The summed E-state index contributed by atoms with van der Waals surface area (Å²) in [6.45, 7) is 0. The summed E-state index contributed by atoms with van der Waals surface area (Å²) in [7, 11) is 0. The summed E-state index contributed by atoms with van der Waals surface area (Å²) in [5, 5.41) is 2.08. The van der Waals surface area contributed by atoms with E-state index in [9.17, 15) is 62.3 Å². The van der Waals surface area contributed by atoms with E-state index in [1.54, 1.807) is 0 Å². The molecule has 3 aromatic rings. The summed E-state index contributed by atoms with van der Waals surface area (Å²) in [5.41, 5.74) is -13.0. The van der Waals surface area contributed by atoms with Gasteiger partial charge in [0.1, 0.15) is 11.6 Å². The Morgan fingerprint density at radius 3 is 1.78 bits per heavy atom. The minimum atomic E-state index is -6.68. The molecule has 0 fully saturated rings. The highest BCUT2D eigenvalue weighted by molar-refractivity contribution is 14.1. The molecular weight excluding hydrogens is 701 g/mol. The van der Waals surface area contributed by atoms with Crippen molar-refractivity contribution in [2.75, 3.05) is 5.32 Å². The van der Waals surface area contributed by atoms with Gasteiger partial charge in [0.15, 0.2) is 5.78 Å². The lowest BCUT2D eigenvalue weighted by atomic mass is 9.89. The highest BCUT2D eigenvalue weighted by atomic mass is 127. The summed E-state index contributed by atoms with van der Waals surface area (Å²) in [6, 6.07) is 5.38. The van der Waals surface area contributed by atoms with E-state index in [1.807, 2.05) is 0 Å². The Hall–Kier alpha value is -3.31. The number of Topliss-reactive ketones (excluding diaryl/α,β-unsaturated/α-hetero) is 1. The average molecular weight is 713 g/mol. The number of carbonyl (C=O) groups is 2. The van der Waals surface area contributed by atoms with Gasteiger partial charge in [-0.2, -0.15) is 39.5 Å². The van der Waals surface area contributed by atoms with Crippen LogP contribution in [0.15, 0.2) is 54.6 Å². The summed E-state index contributed by atoms with van der Waals surface area (Å²) < 4.78 is 161. The van der Waals surface area contributed by atoms with Crippen molar-refractivity contribution < 1.29 is 62.3 Å². The first kappa shape index (κ1) is 32.2. The molecule has 0 aromatic heterocycles. The summed E-state index contributed by atoms with van der Waals surface area (Å²) in [4.78, 5) is 25.1. The topological polar surface area (TPSA) is 46.2 Å². The van der Waals surface area contributed by atoms with Crippen molar-refractivity contribution in [1.82, 2.24) is 0 Å². The first-order valence-corrected chi connectivity index (χ1v) is 11.9. The zero-order valence-electron chi connectivity index (χ0n) is 19.6. The van der Waals surface area contributed by atoms with Crippen LogP contribution in [0.1, 0.15) is 37.4 Å². The number of benzene rings is 3. The van der Waals surface area contributed by atoms with Crippen LogP contribution in [0.3, 0.4) is 0 Å². The third-order valence-corrected chi connectivity index (χ3v) is 6.62. The van der Waals surface area contributed by atoms with Crippen molar-refractivity contribution >= 4 is 40.0 Å². The molecule has 0 unspecified atom stereocenters. The molecule has 0 aliphatic carbocycles. The molecule has 1 amide bonds. The molecule has 3 aromatic carbocycles. The van der Waals surface area contributed by atoms with Gasteiger partial charge < -0.3 is 5.32 Å². The Labute approximate surface area is 235 Å². The lowest BCUT2D eigenvalue weighted by Crippen LogP contribution is -2.50. The predicted molar refractivity (Wildman–Crippen MR) is 128 cm³/mol. The molecule has 0 radical (unpaired) electrons. The molecule has 3 nitrogen and oxygen atoms in total. The molecule has 41 heavy (non-hydrogen) atoms. The molecule has 1 N–H and O–H groups in total. The molecule has 0 spiro atoms. The number of alkyl halides is 10. The second-order valence-electron chi connectivity index (χ2n) is 8.39. The average Bonchev–Trinajstić information content (AvgIpc) is 2.84. The largest absolute Gasteiger partial charge is 0.435 e. The number of rotatable bonds is 6. The van der Waals surface area contributed by atoms with E-state index in [1.165, 1.54) is 0 Å². The quantitative estimate of drug-likeness (QED) is 0.158. The summed E-state index contributed by atoms with van der Waals surface area (Å²) in [6.07, 6.45) is -20.3. The Balaban J connectivity index is 2.02. The van der Waals surface area contributed by atoms with Crippen LogP contribution in [0.2, 0.25) is 0 Å². The smallest absolute Gasteiger partial charge is 0.319 e. The number of anilines is 1. The van der Waals surface area contributed by atoms with Gasteiger partial charge in [0.05, 0.1) is 11.3 Å². The molecule has 0 saturated heterocycles. The number of carbonyl (C=O) groups excluding carboxylic acids is 2. The van der Waals surface area contributed by atoms with E-state index < -0.39 is 91.5 Å². The first-order chi connectivity index (χ1) is 18.7. The van der Waals surface area contributed by atoms with Crippen LogP contribution < -0.4 is 5.32 Å². The van der Waals surface area contributed by atoms with Gasteiger partial charge >= 0.3 is 24.2 Å². The van der Waals surface area contributed by atoms with Crippen LogP contribution >= 0.6 is 22.6 Å². The highest BCUT2D eigenvalue weighted by Gasteiger charge is 2.73. The molecule has 0 aliphatic rings. The number of ketones is 1. The van der Waals surface area contributed by atoms with E-state index in [-0.39, 0.29) is 11.6 Å². The Kier molecular flexibility index (Phi) is 8.77. The molecule has 0 bridgehead atoms. The molecule has 220 valence electrons. The molecule has 0 saturated carbocycles. The van der Waals surface area contributed by atoms with Gasteiger partial charge in [-0.05, 0) is 82.8 Å². The van der Waals surface area contributed by atoms with Gasteiger partial charge in [-0.3, -0.25) is 9.59 Å². The SMILES string of the molecule is O=C(Cc1c(I)cc(C(F)(C(F)(F)F)C(F)(F)F)cc1C(F)(F)F)c1ccc(F)c(NC(=O)c2ccc(F)cc2)c1. The fourth-order valence-corrected chi connectivity index (χ4v) is 4.43. The van der Waals surface area contributed by atoms with E-state index >= 15 is 0 Å². The number of hydrogen-bond acceptors (Lipinski definition) is 2. The van der Waals surface area contributed by atoms with Crippen LogP contribution in [-0.2, 0) is 18.3 Å². The fourth-order valence-electron chi connectivity index (χ4n) is 3.61. The maximum Gasteiger partial charge on any atom is 0.435 e. The normalized spacial score (nSPS) is 12.8. The molecule has 3 rings (SSSR count). The van der Waals surface area contributed by atoms with Crippen LogP contribution in [0.5, 0.6) is 0 Å². The maximum absolute atomic E-state index is 14.5. The predicted octanol–water partition coefficient (Wildman–Crippen LogP) is 8.56. The number of hydrogen-bond donors (Lipinski definition) is 1. The Morgan fingerprint density at radius 2 is 1.27 bits per heavy atom. The maximum atomic E-state index is 14.5. The second kappa shape index (κ2) is 11.2. The first-order valence-electron chi connectivity index (χ1n) is 10.8. The van der Waals surface area contributed by atoms with Crippen molar-refractivity contribution in [1.29, 1.82) is 0 Å². The van der Waals surface area contributed by atoms with Crippen molar-refractivity contribution in [3.63, 3.8) is 0 Å². The molecule has 0 aliphatic heterocycles. The number of nitrogens with one attached hydrogen (secondary N) is 1. The fraction of sp³-hybridized carbons (Fsp3) is 0.200. The van der Waals surface area contributed by atoms with Crippen LogP contribution in [-0.4, -0.2) is 24.0 Å². The standard InChI is InChI=1S/C25H12F12INO2/c26-14-4-1-11(2-5-14)21(41)39-19-7-12(3-6-17(19)27)20(40)10-15-16(23(29,30)31)8-13(9-18(15)38)22(28,24(32,33)34)25(35,36)37/h1-9H,10H2,(H,39,41). The van der Waals surface area contributed by atoms with Gasteiger partial charge in [0.2, 0.25) is 0 Å². The third-order valence-electron chi connectivity index (χ3n) is 5.66. The van der Waals surface area contributed by atoms with E-state index in [0.29, 0.717) is 6.07 Å². The van der Waals surface area contributed by atoms with E-state index in [4.69, 9.17) is 0 Å². The van der Waals surface area contributed by atoms with E-state index in [2.05, 4.69) is 5.32 Å². The summed E-state index contributed by atoms with van der Waals surface area (Å²) in [5.74, 6) is -3.95. The second-order valence-corrected chi connectivity index (χ2v) is 9.55. The lowest BCUT2D eigenvalue weighted by Gasteiger charge is -2.31. The third kappa shape index (κ3) is 6.62. The van der Waals surface area contributed by atoms with Gasteiger partial charge in [-0.15, -0.1) is 0 Å². The number of amides is 1. The van der Waals surface area contributed by atoms with Crippen molar-refractivity contribution in [3.8, 4) is 0 Å². The van der Waals surface area contributed by atoms with Gasteiger partial charge in [-0.1, -0.05) is 0 Å². The van der Waals surface area contributed by atoms with Gasteiger partial charge in [0, 0.05) is 26.7 Å². The zero-order valence-corrected chi connectivity index (χ0v) is 21.8.